The van der Waals surface area contributed by atoms with Crippen LogP contribution in [0.2, 0.25) is 0 Å². The molecule has 1 aliphatic heterocycles. The van der Waals surface area contributed by atoms with E-state index in [0.29, 0.717) is 17.0 Å². The largest absolute Gasteiger partial charge is 0.598 e. The van der Waals surface area contributed by atoms with Crippen molar-refractivity contribution in [3.05, 3.63) is 39.3 Å². The highest BCUT2D eigenvalue weighted by atomic mass is 32.2. The lowest BCUT2D eigenvalue weighted by molar-refractivity contribution is -0.0221. The van der Waals surface area contributed by atoms with Crippen LogP contribution in [-0.4, -0.2) is 37.7 Å². The Morgan fingerprint density at radius 1 is 1.27 bits per heavy atom. The van der Waals surface area contributed by atoms with Crippen molar-refractivity contribution in [3.63, 3.8) is 0 Å². The molecular weight excluding hydrogens is 410 g/mol. The Kier molecular flexibility index (Phi) is 6.19. The lowest BCUT2D eigenvalue weighted by Gasteiger charge is -2.33. The predicted octanol–water partition coefficient (Wildman–Crippen LogP) is 3.66. The van der Waals surface area contributed by atoms with Crippen LogP contribution in [0.5, 0.6) is 0 Å². The van der Waals surface area contributed by atoms with Crippen LogP contribution < -0.4 is 15.2 Å². The van der Waals surface area contributed by atoms with E-state index in [2.05, 4.69) is 4.72 Å². The summed E-state index contributed by atoms with van der Waals surface area (Å²) < 4.78 is 44.0. The number of hydrogen-bond donors (Lipinski definition) is 1. The topological polar surface area (TPSA) is 72.7 Å². The van der Waals surface area contributed by atoms with Gasteiger partial charge in [0.2, 0.25) is 0 Å². The van der Waals surface area contributed by atoms with Gasteiger partial charge in [-0.25, -0.2) is 13.8 Å². The summed E-state index contributed by atoms with van der Waals surface area (Å²) in [5.41, 5.74) is 2.29. The van der Waals surface area contributed by atoms with Gasteiger partial charge in [-0.2, -0.15) is 0 Å². The minimum absolute atomic E-state index is 0.152. The number of anilines is 1. The molecule has 1 aliphatic rings. The minimum Gasteiger partial charge on any atom is -0.598 e. The van der Waals surface area contributed by atoms with Crippen molar-refractivity contribution in [3.8, 4) is 0 Å². The molecule has 166 valence electrons. The van der Waals surface area contributed by atoms with Gasteiger partial charge in [0.25, 0.3) is 11.5 Å². The van der Waals surface area contributed by atoms with Gasteiger partial charge >= 0.3 is 0 Å². The van der Waals surface area contributed by atoms with E-state index in [9.17, 15) is 18.1 Å². The Labute approximate surface area is 179 Å². The first-order valence-electron chi connectivity index (χ1n) is 10.1. The summed E-state index contributed by atoms with van der Waals surface area (Å²) in [6.07, 6.45) is 1.22. The van der Waals surface area contributed by atoms with Gasteiger partial charge in [-0.3, -0.25) is 9.20 Å². The molecule has 2 atom stereocenters. The van der Waals surface area contributed by atoms with E-state index in [1.54, 1.807) is 18.0 Å². The van der Waals surface area contributed by atoms with E-state index in [0.717, 1.165) is 11.1 Å². The Morgan fingerprint density at radius 2 is 1.87 bits per heavy atom. The summed E-state index contributed by atoms with van der Waals surface area (Å²) in [7, 11) is 0. The molecule has 0 aliphatic carbocycles. The highest BCUT2D eigenvalue weighted by Crippen LogP contribution is 2.31. The molecule has 2 aromatic rings. The molecular formula is C21H30F2N4O2S. The maximum absolute atomic E-state index is 13.6. The number of aryl methyl sites for hydroxylation is 1. The van der Waals surface area contributed by atoms with Gasteiger partial charge in [0.15, 0.2) is 0 Å². The van der Waals surface area contributed by atoms with Crippen LogP contribution in [0.4, 0.5) is 14.6 Å². The van der Waals surface area contributed by atoms with Crippen molar-refractivity contribution >= 4 is 22.8 Å². The molecule has 2 unspecified atom stereocenters. The van der Waals surface area contributed by atoms with Crippen molar-refractivity contribution in [2.75, 3.05) is 18.0 Å². The summed E-state index contributed by atoms with van der Waals surface area (Å²) in [5, 5.41) is 0. The standard InChI is InChI=1S/C21H30F2N4O2S/c1-13-11-16(15(3)25-30(29)20(4,5)6)18-24-17(14(2)19(28)27(18)12-13)26-9-7-21(22,23)8-10-26/h11-12,15,25H,7-10H2,1-6H3. The monoisotopic (exact) mass is 440 g/mol. The van der Waals surface area contributed by atoms with Gasteiger partial charge in [0.1, 0.15) is 16.2 Å². The maximum atomic E-state index is 13.6. The minimum atomic E-state index is -2.67. The first-order chi connectivity index (χ1) is 13.8. The molecule has 9 heteroatoms. The van der Waals surface area contributed by atoms with Crippen molar-refractivity contribution in [1.82, 2.24) is 14.1 Å². The number of fused-ring (bicyclic) bond motifs is 1. The number of nitrogens with one attached hydrogen (secondary N) is 1. The van der Waals surface area contributed by atoms with E-state index in [1.165, 1.54) is 4.40 Å². The zero-order valence-corrected chi connectivity index (χ0v) is 19.2. The number of rotatable bonds is 4. The molecule has 0 aromatic carbocycles. The summed E-state index contributed by atoms with van der Waals surface area (Å²) >= 11 is -1.30. The van der Waals surface area contributed by atoms with Gasteiger partial charge in [-0.15, -0.1) is 4.72 Å². The Bertz CT molecular complexity index is 993. The third-order valence-electron chi connectivity index (χ3n) is 5.39. The summed E-state index contributed by atoms with van der Waals surface area (Å²) in [6.45, 7) is 11.4. The summed E-state index contributed by atoms with van der Waals surface area (Å²) in [6, 6.07) is 1.59. The number of halogens is 2. The zero-order valence-electron chi connectivity index (χ0n) is 18.4. The highest BCUT2D eigenvalue weighted by molar-refractivity contribution is 7.90. The fourth-order valence-corrected chi connectivity index (χ4v) is 4.36. The average Bonchev–Trinajstić information content (AvgIpc) is 2.64. The molecule has 0 amide bonds. The SMILES string of the molecule is Cc1cc(C(C)N[S+]([O-])C(C)(C)C)c2nc(N3CCC(F)(F)CC3)c(C)c(=O)n2c1. The average molecular weight is 441 g/mol. The first kappa shape index (κ1) is 23.0. The van der Waals surface area contributed by atoms with Crippen molar-refractivity contribution < 1.29 is 13.3 Å². The normalized spacial score (nSPS) is 19.2. The number of nitrogens with zero attached hydrogens (tertiary/aromatic N) is 3. The molecule has 0 saturated carbocycles. The number of hydrogen-bond acceptors (Lipinski definition) is 5. The molecule has 3 heterocycles. The number of aromatic nitrogens is 2. The zero-order chi connectivity index (χ0) is 22.4. The van der Waals surface area contributed by atoms with Crippen LogP contribution in [0.3, 0.4) is 0 Å². The lowest BCUT2D eigenvalue weighted by Crippen LogP contribution is -2.41. The lowest BCUT2D eigenvalue weighted by atomic mass is 10.1. The van der Waals surface area contributed by atoms with Gasteiger partial charge in [-0.05, 0) is 53.2 Å². The highest BCUT2D eigenvalue weighted by Gasteiger charge is 2.35. The Hall–Kier alpha value is -1.71. The van der Waals surface area contributed by atoms with Crippen LogP contribution in [0.25, 0.3) is 5.65 Å². The Morgan fingerprint density at radius 3 is 2.43 bits per heavy atom. The third-order valence-corrected chi connectivity index (χ3v) is 7.07. The van der Waals surface area contributed by atoms with E-state index in [1.807, 2.05) is 40.7 Å². The van der Waals surface area contributed by atoms with Gasteiger partial charge in [0.05, 0.1) is 11.6 Å². The molecule has 3 rings (SSSR count). The van der Waals surface area contributed by atoms with Gasteiger partial charge in [-0.1, -0.05) is 0 Å². The van der Waals surface area contributed by atoms with E-state index < -0.39 is 22.0 Å². The van der Waals surface area contributed by atoms with Gasteiger partial charge < -0.3 is 9.45 Å². The van der Waals surface area contributed by atoms with Crippen molar-refractivity contribution in [2.24, 2.45) is 0 Å². The van der Waals surface area contributed by atoms with Crippen molar-refractivity contribution in [1.29, 1.82) is 0 Å². The second kappa shape index (κ2) is 8.09. The molecule has 30 heavy (non-hydrogen) atoms. The number of alkyl halides is 2. The predicted molar refractivity (Wildman–Crippen MR) is 117 cm³/mol. The molecule has 1 saturated heterocycles. The fraction of sp³-hybridized carbons (Fsp3) is 0.619. The Balaban J connectivity index is 2.08. The van der Waals surface area contributed by atoms with E-state index in [4.69, 9.17) is 4.98 Å². The van der Waals surface area contributed by atoms with Crippen LogP contribution in [-0.2, 0) is 11.4 Å². The second-order valence-electron chi connectivity index (χ2n) is 9.10. The molecule has 1 fully saturated rings. The fourth-order valence-electron chi connectivity index (χ4n) is 3.56. The van der Waals surface area contributed by atoms with Crippen LogP contribution in [0.15, 0.2) is 17.1 Å². The molecule has 0 bridgehead atoms. The van der Waals surface area contributed by atoms with E-state index >= 15 is 0 Å². The van der Waals surface area contributed by atoms with Crippen LogP contribution in [0, 0.1) is 13.8 Å². The summed E-state index contributed by atoms with van der Waals surface area (Å²) in [4.78, 5) is 19.6. The van der Waals surface area contributed by atoms with Crippen molar-refractivity contribution in [2.45, 2.75) is 71.1 Å². The number of pyridine rings is 1. The third kappa shape index (κ3) is 4.63. The van der Waals surface area contributed by atoms with E-state index in [-0.39, 0.29) is 37.5 Å². The molecule has 2 aromatic heterocycles. The molecule has 0 radical (unpaired) electrons. The molecule has 6 nitrogen and oxygen atoms in total. The molecule has 0 spiro atoms. The quantitative estimate of drug-likeness (QED) is 0.735. The van der Waals surface area contributed by atoms with Crippen LogP contribution in [0.1, 0.15) is 63.3 Å². The maximum Gasteiger partial charge on any atom is 0.262 e. The molecule has 1 N–H and O–H groups in total. The first-order valence-corrected chi connectivity index (χ1v) is 11.3. The second-order valence-corrected chi connectivity index (χ2v) is 11.1. The van der Waals surface area contributed by atoms with Crippen LogP contribution >= 0.6 is 0 Å². The smallest absolute Gasteiger partial charge is 0.262 e. The van der Waals surface area contributed by atoms with Gasteiger partial charge in [0, 0.05) is 49.1 Å². The summed E-state index contributed by atoms with van der Waals surface area (Å²) in [5.74, 6) is -2.22. The number of piperidine rings is 1.